The van der Waals surface area contributed by atoms with Crippen LogP contribution in [0.5, 0.6) is 11.8 Å². The number of ether oxygens (including phenoxy) is 3. The summed E-state index contributed by atoms with van der Waals surface area (Å²) in [5, 5.41) is 16.9. The predicted octanol–water partition coefficient (Wildman–Crippen LogP) is 6.56. The van der Waals surface area contributed by atoms with E-state index in [1.54, 1.807) is 25.3 Å². The van der Waals surface area contributed by atoms with Gasteiger partial charge in [-0.05, 0) is 31.2 Å². The van der Waals surface area contributed by atoms with E-state index < -0.39 is 34.6 Å². The van der Waals surface area contributed by atoms with Crippen LogP contribution in [-0.4, -0.2) is 78.2 Å². The van der Waals surface area contributed by atoms with Crippen LogP contribution in [0.2, 0.25) is 10.3 Å². The van der Waals surface area contributed by atoms with E-state index in [0.717, 1.165) is 0 Å². The molecule has 0 aliphatic heterocycles. The minimum Gasteiger partial charge on any atom is -0.478 e. The van der Waals surface area contributed by atoms with Crippen molar-refractivity contribution >= 4 is 35.1 Å². The fraction of sp³-hybridized carbons (Fsp3) is 0.400. The van der Waals surface area contributed by atoms with Crippen LogP contribution >= 0.6 is 23.2 Å². The Kier molecular flexibility index (Phi) is 9.36. The van der Waals surface area contributed by atoms with Gasteiger partial charge in [-0.3, -0.25) is 0 Å². The number of carbonyl (C=O) groups excluding carboxylic acids is 1. The van der Waals surface area contributed by atoms with Crippen LogP contribution in [0.4, 0.5) is 17.6 Å². The molecule has 0 saturated heterocycles. The number of aromatic carboxylic acids is 1. The van der Waals surface area contributed by atoms with Gasteiger partial charge in [0.1, 0.15) is 23.5 Å². The molecule has 0 bridgehead atoms. The molecular formula is C30H28Cl2F4N6O6. The van der Waals surface area contributed by atoms with Crippen molar-refractivity contribution in [2.45, 2.75) is 45.5 Å². The van der Waals surface area contributed by atoms with Crippen molar-refractivity contribution in [2.75, 3.05) is 19.8 Å². The van der Waals surface area contributed by atoms with Crippen LogP contribution in [0.1, 0.15) is 54.3 Å². The summed E-state index contributed by atoms with van der Waals surface area (Å²) in [6.07, 6.45) is 2.69. The van der Waals surface area contributed by atoms with Gasteiger partial charge in [-0.25, -0.2) is 46.5 Å². The molecule has 4 aromatic rings. The lowest BCUT2D eigenvalue weighted by Gasteiger charge is -2.10. The zero-order valence-electron chi connectivity index (χ0n) is 25.6. The molecule has 18 heteroatoms. The average molecular weight is 715 g/mol. The van der Waals surface area contributed by atoms with Crippen LogP contribution in [0.25, 0.3) is 11.6 Å². The minimum atomic E-state index is -2.70. The van der Waals surface area contributed by atoms with Crippen LogP contribution in [0.15, 0.2) is 48.8 Å². The summed E-state index contributed by atoms with van der Waals surface area (Å²) < 4.78 is 70.8. The highest BCUT2D eigenvalue weighted by Gasteiger charge is 2.69. The Labute approximate surface area is 280 Å². The van der Waals surface area contributed by atoms with E-state index in [-0.39, 0.29) is 71.7 Å². The Morgan fingerprint density at radius 1 is 0.792 bits per heavy atom. The van der Waals surface area contributed by atoms with Crippen molar-refractivity contribution in [3.63, 3.8) is 0 Å². The Bertz CT molecular complexity index is 1860. The summed E-state index contributed by atoms with van der Waals surface area (Å²) >= 11 is 11.8. The second kappa shape index (κ2) is 12.9. The van der Waals surface area contributed by atoms with Gasteiger partial charge in [-0.15, -0.1) is 10.2 Å². The molecular weight excluding hydrogens is 687 g/mol. The first-order valence-corrected chi connectivity index (χ1v) is 15.1. The van der Waals surface area contributed by atoms with Gasteiger partial charge >= 0.3 is 11.9 Å². The van der Waals surface area contributed by atoms with Crippen molar-refractivity contribution in [1.29, 1.82) is 0 Å². The van der Waals surface area contributed by atoms with E-state index in [1.807, 2.05) is 0 Å². The summed E-state index contributed by atoms with van der Waals surface area (Å²) in [5.74, 6) is -6.10. The van der Waals surface area contributed by atoms with Gasteiger partial charge < -0.3 is 19.3 Å². The van der Waals surface area contributed by atoms with E-state index >= 15 is 0 Å². The first kappa shape index (κ1) is 34.9. The zero-order chi connectivity index (χ0) is 35.1. The number of pyridine rings is 2. The molecule has 6 rings (SSSR count). The van der Waals surface area contributed by atoms with Gasteiger partial charge in [0.05, 0.1) is 28.6 Å². The molecule has 0 aromatic carbocycles. The summed E-state index contributed by atoms with van der Waals surface area (Å²) in [5.41, 5.74) is -2.26. The molecule has 2 atom stereocenters. The molecule has 48 heavy (non-hydrogen) atoms. The second-order valence-electron chi connectivity index (χ2n) is 11.7. The summed E-state index contributed by atoms with van der Waals surface area (Å²) in [7, 11) is 0. The topological polar surface area (TPSA) is 143 Å². The molecule has 2 aliphatic carbocycles. The molecule has 0 spiro atoms. The fourth-order valence-corrected chi connectivity index (χ4v) is 4.78. The van der Waals surface area contributed by atoms with Gasteiger partial charge in [-0.1, -0.05) is 37.0 Å². The average Bonchev–Trinajstić information content (AvgIpc) is 3.45. The smallest absolute Gasteiger partial charge is 0.341 e. The van der Waals surface area contributed by atoms with Crippen LogP contribution in [0, 0.1) is 10.8 Å². The molecule has 2 aliphatic rings. The lowest BCUT2D eigenvalue weighted by Crippen LogP contribution is -2.17. The van der Waals surface area contributed by atoms with Crippen molar-refractivity contribution < 1.29 is 46.5 Å². The van der Waals surface area contributed by atoms with E-state index in [2.05, 4.69) is 20.2 Å². The molecule has 2 fully saturated rings. The number of carbonyl (C=O) groups is 2. The maximum atomic E-state index is 13.2. The van der Waals surface area contributed by atoms with Crippen molar-refractivity contribution in [3.05, 3.63) is 70.2 Å². The molecule has 1 N–H and O–H groups in total. The van der Waals surface area contributed by atoms with Crippen molar-refractivity contribution in [2.24, 2.45) is 10.8 Å². The standard InChI is InChI=1S/C16H16ClF2N3O3.C14H12ClF2N3O3/c1-3-24-14(23)10-4-5-11(20-13(10)17)22-7-6-12(21-22)25-9-15(2)8-16(15,18)19;1-13(6-14(13,16)17)7-23-10-4-5-20(19-10)9-3-2-8(12(21)22)11(15)18-9/h4-7H,3,8-9H2,1-2H3;2-5H,6-7H2,1H3,(H,21,22). The molecule has 256 valence electrons. The molecule has 0 amide bonds. The number of hydrogen-bond acceptors (Lipinski definition) is 9. The normalized spacial score (nSPS) is 21.4. The zero-order valence-corrected chi connectivity index (χ0v) is 27.1. The van der Waals surface area contributed by atoms with Crippen LogP contribution < -0.4 is 9.47 Å². The maximum absolute atomic E-state index is 13.2. The Morgan fingerprint density at radius 2 is 1.21 bits per heavy atom. The lowest BCUT2D eigenvalue weighted by molar-refractivity contribution is 0.0484. The number of carboxylic acids is 1. The lowest BCUT2D eigenvalue weighted by atomic mass is 10.1. The quantitative estimate of drug-likeness (QED) is 0.103. The first-order valence-electron chi connectivity index (χ1n) is 14.3. The molecule has 2 saturated carbocycles. The Hall–Kier alpha value is -4.44. The second-order valence-corrected chi connectivity index (χ2v) is 12.4. The molecule has 2 unspecified atom stereocenters. The largest absolute Gasteiger partial charge is 0.478 e. The Morgan fingerprint density at radius 3 is 1.56 bits per heavy atom. The summed E-state index contributed by atoms with van der Waals surface area (Å²) in [6, 6.07) is 8.81. The highest BCUT2D eigenvalue weighted by molar-refractivity contribution is 6.32. The van der Waals surface area contributed by atoms with Gasteiger partial charge in [0.25, 0.3) is 11.8 Å². The van der Waals surface area contributed by atoms with E-state index in [4.69, 9.17) is 42.5 Å². The maximum Gasteiger partial charge on any atom is 0.341 e. The van der Waals surface area contributed by atoms with E-state index in [9.17, 15) is 27.2 Å². The number of alkyl halides is 4. The minimum absolute atomic E-state index is 0.0148. The van der Waals surface area contributed by atoms with E-state index in [0.29, 0.717) is 5.82 Å². The van der Waals surface area contributed by atoms with Crippen molar-refractivity contribution in [3.8, 4) is 23.4 Å². The third kappa shape index (κ3) is 7.33. The third-order valence-corrected chi connectivity index (χ3v) is 8.39. The first-order chi connectivity index (χ1) is 22.5. The fourth-order valence-electron chi connectivity index (χ4n) is 4.32. The van der Waals surface area contributed by atoms with Gasteiger partial charge in [0.2, 0.25) is 11.8 Å². The van der Waals surface area contributed by atoms with Gasteiger partial charge in [0, 0.05) is 37.4 Å². The highest BCUT2D eigenvalue weighted by Crippen LogP contribution is 2.60. The molecule has 4 aromatic heterocycles. The number of aromatic nitrogens is 6. The highest BCUT2D eigenvalue weighted by atomic mass is 35.5. The Balaban J connectivity index is 0.000000188. The van der Waals surface area contributed by atoms with Crippen molar-refractivity contribution in [1.82, 2.24) is 29.5 Å². The number of esters is 1. The number of hydrogen-bond donors (Lipinski definition) is 1. The number of rotatable bonds is 11. The predicted molar refractivity (Wildman–Crippen MR) is 162 cm³/mol. The van der Waals surface area contributed by atoms with Gasteiger partial charge in [-0.2, -0.15) is 0 Å². The summed E-state index contributed by atoms with van der Waals surface area (Å²) in [6.45, 7) is 4.59. The third-order valence-electron chi connectivity index (χ3n) is 7.81. The van der Waals surface area contributed by atoms with Crippen LogP contribution in [-0.2, 0) is 4.74 Å². The van der Waals surface area contributed by atoms with Crippen LogP contribution in [0.3, 0.4) is 0 Å². The molecule has 12 nitrogen and oxygen atoms in total. The SMILES string of the molecule is CC1(COc2ccn(-c3ccc(C(=O)O)c(Cl)n3)n2)CC1(F)F.CCOC(=O)c1ccc(-n2ccc(OCC3(C)CC3(F)F)n2)nc1Cl. The molecule has 0 radical (unpaired) electrons. The number of carboxylic acid groups (broad SMARTS) is 1. The number of nitrogens with zero attached hydrogens (tertiary/aromatic N) is 6. The monoisotopic (exact) mass is 714 g/mol. The van der Waals surface area contributed by atoms with Gasteiger partial charge in [0.15, 0.2) is 11.6 Å². The number of halogens is 6. The van der Waals surface area contributed by atoms with E-state index in [1.165, 1.54) is 53.7 Å². The summed E-state index contributed by atoms with van der Waals surface area (Å²) in [4.78, 5) is 30.6. The molecule has 4 heterocycles.